The van der Waals surface area contributed by atoms with Crippen molar-refractivity contribution in [3.8, 4) is 0 Å². The Morgan fingerprint density at radius 1 is 1.40 bits per heavy atom. The molecule has 0 aromatic carbocycles. The van der Waals surface area contributed by atoms with Gasteiger partial charge in [0.1, 0.15) is 0 Å². The zero-order chi connectivity index (χ0) is 10.8. The predicted molar refractivity (Wildman–Crippen MR) is 60.2 cm³/mol. The van der Waals surface area contributed by atoms with Crippen molar-refractivity contribution in [3.05, 3.63) is 23.0 Å². The van der Waals surface area contributed by atoms with Crippen LogP contribution in [0.4, 0.5) is 0 Å². The summed E-state index contributed by atoms with van der Waals surface area (Å²) in [5.41, 5.74) is 2.91. The van der Waals surface area contributed by atoms with E-state index in [1.165, 1.54) is 6.42 Å². The van der Waals surface area contributed by atoms with Crippen LogP contribution in [0.15, 0.2) is 6.07 Å². The molecule has 82 valence electrons. The number of carbonyl (C=O) groups excluding carboxylic acids is 1. The average Bonchev–Trinajstić information content (AvgIpc) is 2.58. The van der Waals surface area contributed by atoms with Gasteiger partial charge in [0, 0.05) is 17.0 Å². The first-order valence-electron chi connectivity index (χ1n) is 5.62. The number of hydrogen-bond donors (Lipinski definition) is 2. The zero-order valence-corrected chi connectivity index (χ0v) is 9.39. The molecule has 1 saturated heterocycles. The second kappa shape index (κ2) is 4.19. The fraction of sp³-hybridized carbons (Fsp3) is 0.583. The maximum absolute atomic E-state index is 12.2. The van der Waals surface area contributed by atoms with E-state index in [2.05, 4.69) is 10.3 Å². The van der Waals surface area contributed by atoms with Crippen molar-refractivity contribution in [2.45, 2.75) is 39.2 Å². The van der Waals surface area contributed by atoms with Crippen LogP contribution in [0.1, 0.15) is 41.0 Å². The molecule has 3 heteroatoms. The monoisotopic (exact) mass is 206 g/mol. The minimum Gasteiger partial charge on any atom is -0.362 e. The smallest absolute Gasteiger partial charge is 0.181 e. The Morgan fingerprint density at radius 2 is 2.20 bits per heavy atom. The van der Waals surface area contributed by atoms with Gasteiger partial charge in [0.05, 0.1) is 6.04 Å². The van der Waals surface area contributed by atoms with Crippen LogP contribution in [-0.2, 0) is 0 Å². The average molecular weight is 206 g/mol. The van der Waals surface area contributed by atoms with Crippen molar-refractivity contribution < 1.29 is 4.79 Å². The Labute approximate surface area is 90.3 Å². The van der Waals surface area contributed by atoms with E-state index in [4.69, 9.17) is 0 Å². The maximum Gasteiger partial charge on any atom is 0.181 e. The number of rotatable bonds is 2. The Kier molecular flexibility index (Phi) is 2.91. The second-order valence-corrected chi connectivity index (χ2v) is 4.36. The molecule has 0 radical (unpaired) electrons. The van der Waals surface area contributed by atoms with Gasteiger partial charge >= 0.3 is 0 Å². The van der Waals surface area contributed by atoms with Crippen LogP contribution < -0.4 is 5.32 Å². The molecule has 2 rings (SSSR count). The summed E-state index contributed by atoms with van der Waals surface area (Å²) < 4.78 is 0. The highest BCUT2D eigenvalue weighted by molar-refractivity contribution is 6.01. The molecule has 1 aromatic rings. The highest BCUT2D eigenvalue weighted by atomic mass is 16.1. The zero-order valence-electron chi connectivity index (χ0n) is 9.39. The molecular weight excluding hydrogens is 188 g/mol. The summed E-state index contributed by atoms with van der Waals surface area (Å²) >= 11 is 0. The van der Waals surface area contributed by atoms with Gasteiger partial charge in [-0.25, -0.2) is 0 Å². The second-order valence-electron chi connectivity index (χ2n) is 4.36. The minimum absolute atomic E-state index is 0.0349. The molecule has 1 atom stereocenters. The summed E-state index contributed by atoms with van der Waals surface area (Å²) in [5.74, 6) is 0.247. The molecular formula is C12H18N2O. The van der Waals surface area contributed by atoms with E-state index in [0.29, 0.717) is 0 Å². The molecule has 0 amide bonds. The number of Topliss-reactive ketones (excluding diaryl/α,β-unsaturated/α-hetero) is 1. The van der Waals surface area contributed by atoms with Gasteiger partial charge < -0.3 is 10.3 Å². The minimum atomic E-state index is 0.0349. The van der Waals surface area contributed by atoms with Crippen LogP contribution in [0.3, 0.4) is 0 Å². The number of hydrogen-bond acceptors (Lipinski definition) is 2. The molecule has 1 aliphatic rings. The lowest BCUT2D eigenvalue weighted by molar-refractivity contribution is 0.0926. The van der Waals surface area contributed by atoms with Gasteiger partial charge in [0.15, 0.2) is 5.78 Å². The van der Waals surface area contributed by atoms with E-state index in [1.54, 1.807) is 0 Å². The molecule has 0 spiro atoms. The first-order chi connectivity index (χ1) is 7.18. The van der Waals surface area contributed by atoms with Crippen molar-refractivity contribution in [1.82, 2.24) is 10.3 Å². The van der Waals surface area contributed by atoms with Gasteiger partial charge in [0.25, 0.3) is 0 Å². The molecule has 1 aromatic heterocycles. The third-order valence-electron chi connectivity index (χ3n) is 3.04. The Balaban J connectivity index is 2.16. The van der Waals surface area contributed by atoms with E-state index in [9.17, 15) is 4.79 Å². The Hall–Kier alpha value is -1.09. The van der Waals surface area contributed by atoms with Crippen molar-refractivity contribution >= 4 is 5.78 Å². The first kappa shape index (κ1) is 10.4. The quantitative estimate of drug-likeness (QED) is 0.726. The van der Waals surface area contributed by atoms with Crippen LogP contribution in [-0.4, -0.2) is 23.4 Å². The van der Waals surface area contributed by atoms with E-state index in [-0.39, 0.29) is 11.8 Å². The van der Waals surface area contributed by atoms with Gasteiger partial charge in [-0.3, -0.25) is 4.79 Å². The van der Waals surface area contributed by atoms with Crippen LogP contribution in [0.5, 0.6) is 0 Å². The highest BCUT2D eigenvalue weighted by Gasteiger charge is 2.23. The van der Waals surface area contributed by atoms with Gasteiger partial charge in [-0.05, 0) is 39.3 Å². The van der Waals surface area contributed by atoms with E-state index in [0.717, 1.165) is 36.3 Å². The molecule has 3 nitrogen and oxygen atoms in total. The third kappa shape index (κ3) is 2.12. The summed E-state index contributed by atoms with van der Waals surface area (Å²) in [5, 5.41) is 3.29. The lowest BCUT2D eigenvalue weighted by Crippen LogP contribution is -2.40. The summed E-state index contributed by atoms with van der Waals surface area (Å²) in [7, 11) is 0. The topological polar surface area (TPSA) is 44.9 Å². The number of piperidine rings is 1. The van der Waals surface area contributed by atoms with Gasteiger partial charge in [-0.1, -0.05) is 6.42 Å². The molecule has 15 heavy (non-hydrogen) atoms. The Bertz CT molecular complexity index is 362. The van der Waals surface area contributed by atoms with Gasteiger partial charge in [-0.2, -0.15) is 0 Å². The van der Waals surface area contributed by atoms with Gasteiger partial charge in [0.2, 0.25) is 0 Å². The summed E-state index contributed by atoms with van der Waals surface area (Å²) in [4.78, 5) is 15.3. The van der Waals surface area contributed by atoms with Gasteiger partial charge in [-0.15, -0.1) is 0 Å². The largest absolute Gasteiger partial charge is 0.362 e. The molecule has 0 bridgehead atoms. The molecule has 2 heterocycles. The molecule has 0 aliphatic carbocycles. The number of ketones is 1. The molecule has 1 unspecified atom stereocenters. The number of carbonyl (C=O) groups is 1. The number of aromatic nitrogens is 1. The summed E-state index contributed by atoms with van der Waals surface area (Å²) in [6, 6.07) is 1.99. The SMILES string of the molecule is Cc1cc(C(=O)C2CCCCN2)c(C)[nH]1. The third-order valence-corrected chi connectivity index (χ3v) is 3.04. The van der Waals surface area contributed by atoms with Crippen molar-refractivity contribution in [2.24, 2.45) is 0 Å². The number of aryl methyl sites for hydroxylation is 2. The number of nitrogens with one attached hydrogen (secondary N) is 2. The van der Waals surface area contributed by atoms with Crippen LogP contribution in [0, 0.1) is 13.8 Å². The van der Waals surface area contributed by atoms with E-state index in [1.807, 2.05) is 19.9 Å². The lowest BCUT2D eigenvalue weighted by atomic mass is 9.96. The maximum atomic E-state index is 12.2. The van der Waals surface area contributed by atoms with Crippen LogP contribution in [0.25, 0.3) is 0 Å². The van der Waals surface area contributed by atoms with Crippen LogP contribution >= 0.6 is 0 Å². The van der Waals surface area contributed by atoms with E-state index >= 15 is 0 Å². The first-order valence-corrected chi connectivity index (χ1v) is 5.62. The summed E-state index contributed by atoms with van der Waals surface area (Å²) in [6.07, 6.45) is 3.32. The van der Waals surface area contributed by atoms with Crippen molar-refractivity contribution in [1.29, 1.82) is 0 Å². The van der Waals surface area contributed by atoms with Crippen molar-refractivity contribution in [3.63, 3.8) is 0 Å². The van der Waals surface area contributed by atoms with Crippen LogP contribution in [0.2, 0.25) is 0 Å². The molecule has 2 N–H and O–H groups in total. The molecule has 0 saturated carbocycles. The fourth-order valence-corrected chi connectivity index (χ4v) is 2.24. The number of H-pyrrole nitrogens is 1. The summed E-state index contributed by atoms with van der Waals surface area (Å²) in [6.45, 7) is 4.92. The fourth-order valence-electron chi connectivity index (χ4n) is 2.24. The molecule has 1 fully saturated rings. The predicted octanol–water partition coefficient (Wildman–Crippen LogP) is 1.96. The van der Waals surface area contributed by atoms with E-state index < -0.39 is 0 Å². The Morgan fingerprint density at radius 3 is 2.73 bits per heavy atom. The normalized spacial score (nSPS) is 21.6. The standard InChI is InChI=1S/C12H18N2O/c1-8-7-10(9(2)14-8)12(15)11-5-3-4-6-13-11/h7,11,13-14H,3-6H2,1-2H3. The highest BCUT2D eigenvalue weighted by Crippen LogP contribution is 2.16. The molecule has 1 aliphatic heterocycles. The number of aromatic amines is 1. The van der Waals surface area contributed by atoms with Crippen molar-refractivity contribution in [2.75, 3.05) is 6.54 Å². The lowest BCUT2D eigenvalue weighted by Gasteiger charge is -2.21.